The van der Waals surface area contributed by atoms with Gasteiger partial charge >= 0.3 is 6.09 Å². The molecule has 1 aromatic carbocycles. The largest absolute Gasteiger partial charge is 0.465 e. The van der Waals surface area contributed by atoms with Gasteiger partial charge in [0.25, 0.3) is 11.8 Å². The summed E-state index contributed by atoms with van der Waals surface area (Å²) < 4.78 is 42.5. The minimum Gasteiger partial charge on any atom is -0.465 e. The second kappa shape index (κ2) is 9.37. The van der Waals surface area contributed by atoms with Crippen LogP contribution in [0.5, 0.6) is 0 Å². The first-order chi connectivity index (χ1) is 15.6. The average Bonchev–Trinajstić information content (AvgIpc) is 3.18. The molecule has 2 aromatic rings. The van der Waals surface area contributed by atoms with Crippen LogP contribution in [0.25, 0.3) is 0 Å². The summed E-state index contributed by atoms with van der Waals surface area (Å²) in [6.07, 6.45) is -1.34. The second-order valence-corrected chi connectivity index (χ2v) is 7.64. The molecule has 3 atom stereocenters. The predicted octanol–water partition coefficient (Wildman–Crippen LogP) is 2.32. The van der Waals surface area contributed by atoms with E-state index in [-0.39, 0.29) is 24.3 Å². The Balaban J connectivity index is 2.07. The van der Waals surface area contributed by atoms with Crippen molar-refractivity contribution in [1.82, 2.24) is 14.7 Å². The third-order valence-electron chi connectivity index (χ3n) is 5.45. The molecule has 1 aliphatic rings. The number of alkyl halides is 2. The van der Waals surface area contributed by atoms with Crippen molar-refractivity contribution in [2.75, 3.05) is 18.5 Å². The Kier molecular flexibility index (Phi) is 6.78. The van der Waals surface area contributed by atoms with Gasteiger partial charge in [-0.2, -0.15) is 10.4 Å². The van der Waals surface area contributed by atoms with Gasteiger partial charge in [-0.15, -0.1) is 0 Å². The number of hydrogen-bond donors (Lipinski definition) is 4. The van der Waals surface area contributed by atoms with Crippen molar-refractivity contribution in [2.45, 2.75) is 30.8 Å². The predicted molar refractivity (Wildman–Crippen MR) is 108 cm³/mol. The molecule has 0 bridgehead atoms. The molecule has 0 radical (unpaired) electrons. The number of anilines is 2. The summed E-state index contributed by atoms with van der Waals surface area (Å²) in [5.41, 5.74) is 5.63. The van der Waals surface area contributed by atoms with Crippen molar-refractivity contribution < 1.29 is 33.0 Å². The number of likely N-dealkylation sites (tertiary alicyclic amines) is 1. The van der Waals surface area contributed by atoms with Crippen molar-refractivity contribution in [3.63, 3.8) is 0 Å². The first-order valence-electron chi connectivity index (χ1n) is 9.85. The van der Waals surface area contributed by atoms with Crippen LogP contribution in [0.2, 0.25) is 0 Å². The molecule has 3 rings (SSSR count). The number of aliphatic hydroxyl groups is 1. The van der Waals surface area contributed by atoms with Crippen molar-refractivity contribution in [3.05, 3.63) is 41.8 Å². The number of benzene rings is 1. The highest BCUT2D eigenvalue weighted by Crippen LogP contribution is 2.39. The molecule has 1 fully saturated rings. The minimum absolute atomic E-state index is 0.0428. The summed E-state index contributed by atoms with van der Waals surface area (Å²) in [7, 11) is 0. The molecule has 33 heavy (non-hydrogen) atoms. The van der Waals surface area contributed by atoms with Gasteiger partial charge in [0, 0.05) is 24.8 Å². The van der Waals surface area contributed by atoms with Crippen molar-refractivity contribution in [2.24, 2.45) is 11.7 Å². The average molecular weight is 466 g/mol. The highest BCUT2D eigenvalue weighted by Gasteiger charge is 2.47. The topological polar surface area (TPSA) is 158 Å². The highest BCUT2D eigenvalue weighted by molar-refractivity contribution is 5.98. The Morgan fingerprint density at radius 1 is 1.33 bits per heavy atom. The number of primary amides is 1. The molecular formula is C20H21F3N6O4. The van der Waals surface area contributed by atoms with E-state index in [9.17, 15) is 33.1 Å². The molecule has 0 aliphatic carbocycles. The number of hydrogen-bond acceptors (Lipinski definition) is 6. The van der Waals surface area contributed by atoms with Crippen molar-refractivity contribution in [1.29, 1.82) is 5.26 Å². The number of carboxylic acid groups (broad SMARTS) is 1. The van der Waals surface area contributed by atoms with Crippen LogP contribution in [0.1, 0.15) is 29.2 Å². The maximum absolute atomic E-state index is 14.1. The number of piperidine rings is 1. The lowest BCUT2D eigenvalue weighted by Gasteiger charge is -2.43. The number of nitrogens with one attached hydrogen (secondary N) is 1. The molecule has 0 spiro atoms. The molecule has 13 heteroatoms. The van der Waals surface area contributed by atoms with Crippen LogP contribution >= 0.6 is 0 Å². The fourth-order valence-corrected chi connectivity index (χ4v) is 3.89. The van der Waals surface area contributed by atoms with Crippen molar-refractivity contribution >= 4 is 23.5 Å². The van der Waals surface area contributed by atoms with Crippen LogP contribution in [-0.2, 0) is 0 Å². The van der Waals surface area contributed by atoms with E-state index in [1.807, 2.05) is 6.07 Å². The number of aromatic nitrogens is 2. The number of aliphatic hydroxyl groups excluding tert-OH is 1. The number of carbonyl (C=O) groups excluding carboxylic acids is 1. The Labute approximate surface area is 186 Å². The third kappa shape index (κ3) is 5.17. The van der Waals surface area contributed by atoms with Gasteiger partial charge in [-0.1, -0.05) is 0 Å². The first-order valence-corrected chi connectivity index (χ1v) is 9.85. The van der Waals surface area contributed by atoms with Gasteiger partial charge in [0.1, 0.15) is 18.0 Å². The molecule has 2 amide bonds. The van der Waals surface area contributed by atoms with Gasteiger partial charge in [0.05, 0.1) is 24.1 Å². The molecule has 1 aliphatic heterocycles. The van der Waals surface area contributed by atoms with Crippen LogP contribution in [0.4, 0.5) is 29.5 Å². The van der Waals surface area contributed by atoms with Gasteiger partial charge in [0.15, 0.2) is 5.82 Å². The van der Waals surface area contributed by atoms with Gasteiger partial charge in [-0.05, 0) is 30.7 Å². The summed E-state index contributed by atoms with van der Waals surface area (Å²) in [4.78, 5) is 24.5. The van der Waals surface area contributed by atoms with Gasteiger partial charge < -0.3 is 26.2 Å². The fraction of sp³-hybridized carbons (Fsp3) is 0.400. The molecule has 5 N–H and O–H groups in total. The number of nitrogens with zero attached hydrogens (tertiary/aromatic N) is 4. The zero-order valence-electron chi connectivity index (χ0n) is 17.2. The molecular weight excluding hydrogens is 445 g/mol. The third-order valence-corrected chi connectivity index (χ3v) is 5.45. The highest BCUT2D eigenvalue weighted by atomic mass is 19.3. The van der Waals surface area contributed by atoms with E-state index in [0.29, 0.717) is 5.69 Å². The van der Waals surface area contributed by atoms with Gasteiger partial charge in [-0.3, -0.25) is 9.48 Å². The summed E-state index contributed by atoms with van der Waals surface area (Å²) in [6.45, 7) is -1.68. The Morgan fingerprint density at radius 2 is 2.00 bits per heavy atom. The van der Waals surface area contributed by atoms with Gasteiger partial charge in [0.2, 0.25) is 0 Å². The van der Waals surface area contributed by atoms with Crippen LogP contribution in [0.3, 0.4) is 0 Å². The van der Waals surface area contributed by atoms with Crippen LogP contribution < -0.4 is 11.1 Å². The summed E-state index contributed by atoms with van der Waals surface area (Å²) >= 11 is 0. The number of halogens is 3. The standard InChI is InChI=1S/C20H21F3N6O4/c21-12-1-3-13(4-2-12)26-18-14(17(25)31)9-29(27-18)16-11(8-24)5-6-28(19(32)33)15(16)7-20(22,23)10-30/h1-4,9,11,15-16,30H,5-7,10H2,(H2,25,31)(H,26,27)(H,32,33)/t11-,15?,16-/m1/s1. The molecule has 1 saturated heterocycles. The van der Waals surface area contributed by atoms with Crippen LogP contribution in [0, 0.1) is 23.1 Å². The summed E-state index contributed by atoms with van der Waals surface area (Å²) in [6, 6.07) is 4.43. The van der Waals surface area contributed by atoms with E-state index in [1.54, 1.807) is 0 Å². The summed E-state index contributed by atoms with van der Waals surface area (Å²) in [5, 5.41) is 35.2. The van der Waals surface area contributed by atoms with E-state index in [4.69, 9.17) is 10.8 Å². The lowest BCUT2D eigenvalue weighted by atomic mass is 9.83. The number of amides is 2. The van der Waals surface area contributed by atoms with Crippen LogP contribution in [-0.4, -0.2) is 62.0 Å². The maximum Gasteiger partial charge on any atom is 0.407 e. The van der Waals surface area contributed by atoms with Crippen molar-refractivity contribution in [3.8, 4) is 6.07 Å². The Bertz CT molecular complexity index is 1070. The molecule has 0 saturated carbocycles. The molecule has 2 heterocycles. The molecule has 176 valence electrons. The van der Waals surface area contributed by atoms with Gasteiger partial charge in [-0.25, -0.2) is 18.0 Å². The normalized spacial score (nSPS) is 20.8. The number of rotatable bonds is 7. The van der Waals surface area contributed by atoms with E-state index in [1.165, 1.54) is 12.1 Å². The zero-order chi connectivity index (χ0) is 24.3. The smallest absolute Gasteiger partial charge is 0.407 e. The lowest BCUT2D eigenvalue weighted by Crippen LogP contribution is -2.54. The van der Waals surface area contributed by atoms with E-state index in [2.05, 4.69) is 10.4 Å². The SMILES string of the molecule is N#C[C@H]1CCN(C(=O)O)C(CC(F)(F)CO)[C@@H]1n1cc(C(N)=O)c(Nc2ccc(F)cc2)n1. The lowest BCUT2D eigenvalue weighted by molar-refractivity contribution is -0.0846. The first kappa shape index (κ1) is 23.9. The van der Waals surface area contributed by atoms with E-state index >= 15 is 0 Å². The maximum atomic E-state index is 14.1. The molecule has 1 unspecified atom stereocenters. The second-order valence-electron chi connectivity index (χ2n) is 7.64. The number of nitrogens with two attached hydrogens (primary N) is 1. The Morgan fingerprint density at radius 3 is 2.55 bits per heavy atom. The van der Waals surface area contributed by atoms with E-state index in [0.717, 1.165) is 27.9 Å². The number of carbonyl (C=O) groups is 2. The van der Waals surface area contributed by atoms with Crippen LogP contribution in [0.15, 0.2) is 30.5 Å². The number of nitriles is 1. The quantitative estimate of drug-likeness (QED) is 0.487. The zero-order valence-corrected chi connectivity index (χ0v) is 17.2. The van der Waals surface area contributed by atoms with E-state index < -0.39 is 54.8 Å². The Hall–Kier alpha value is -3.79. The summed E-state index contributed by atoms with van der Waals surface area (Å²) in [5.74, 6) is -6.03. The molecule has 10 nitrogen and oxygen atoms in total. The molecule has 1 aromatic heterocycles. The minimum atomic E-state index is -3.62. The fourth-order valence-electron chi connectivity index (χ4n) is 3.89. The monoisotopic (exact) mass is 466 g/mol.